The van der Waals surface area contributed by atoms with Gasteiger partial charge in [-0.3, -0.25) is 9.20 Å². The summed E-state index contributed by atoms with van der Waals surface area (Å²) >= 11 is 11.9. The maximum absolute atomic E-state index is 12.6. The molecule has 0 unspecified atom stereocenters. The maximum atomic E-state index is 12.6. The molecule has 0 bridgehead atoms. The van der Waals surface area contributed by atoms with Crippen LogP contribution in [0.25, 0.3) is 5.65 Å². The predicted molar refractivity (Wildman–Crippen MR) is 92.2 cm³/mol. The summed E-state index contributed by atoms with van der Waals surface area (Å²) < 4.78 is 1.77. The second-order valence-corrected chi connectivity index (χ2v) is 6.02. The number of carbonyl (C=O) groups is 1. The molecule has 23 heavy (non-hydrogen) atoms. The van der Waals surface area contributed by atoms with E-state index in [0.717, 1.165) is 11.3 Å². The molecule has 1 N–H and O–H groups in total. The van der Waals surface area contributed by atoms with Crippen LogP contribution >= 0.6 is 23.2 Å². The van der Waals surface area contributed by atoms with Gasteiger partial charge in [0.1, 0.15) is 11.3 Å². The number of rotatable bonds is 4. The smallest absolute Gasteiger partial charge is 0.270 e. The number of pyridine rings is 1. The zero-order valence-corrected chi connectivity index (χ0v) is 14.0. The molecule has 0 aliphatic rings. The quantitative estimate of drug-likeness (QED) is 0.771. The van der Waals surface area contributed by atoms with Crippen LogP contribution in [0.5, 0.6) is 0 Å². The van der Waals surface area contributed by atoms with Crippen LogP contribution in [-0.2, 0) is 13.0 Å². The number of halogens is 2. The van der Waals surface area contributed by atoms with Gasteiger partial charge in [-0.1, -0.05) is 42.3 Å². The molecular formula is C17H15Cl2N3O. The Labute approximate surface area is 144 Å². The van der Waals surface area contributed by atoms with E-state index in [2.05, 4.69) is 10.3 Å². The van der Waals surface area contributed by atoms with Crippen molar-refractivity contribution in [2.75, 3.05) is 0 Å². The third kappa shape index (κ3) is 3.33. The molecule has 0 fully saturated rings. The molecule has 0 saturated carbocycles. The van der Waals surface area contributed by atoms with Gasteiger partial charge in [0.15, 0.2) is 0 Å². The number of imidazole rings is 1. The van der Waals surface area contributed by atoms with Crippen LogP contribution in [0, 0.1) is 0 Å². The Kier molecular flexibility index (Phi) is 4.55. The lowest BCUT2D eigenvalue weighted by Gasteiger charge is -2.07. The summed E-state index contributed by atoms with van der Waals surface area (Å²) in [5.74, 6) is -0.161. The van der Waals surface area contributed by atoms with Crippen LogP contribution in [-0.4, -0.2) is 15.3 Å². The van der Waals surface area contributed by atoms with Gasteiger partial charge >= 0.3 is 0 Å². The molecule has 0 aliphatic carbocycles. The highest BCUT2D eigenvalue weighted by molar-refractivity contribution is 6.31. The molecule has 2 aromatic heterocycles. The number of hydrogen-bond donors (Lipinski definition) is 1. The van der Waals surface area contributed by atoms with E-state index < -0.39 is 0 Å². The lowest BCUT2D eigenvalue weighted by atomic mass is 10.2. The summed E-state index contributed by atoms with van der Waals surface area (Å²) in [5, 5.41) is 4.20. The molecular weight excluding hydrogens is 333 g/mol. The molecule has 0 aliphatic heterocycles. The van der Waals surface area contributed by atoms with Gasteiger partial charge in [0.25, 0.3) is 5.91 Å². The fourth-order valence-corrected chi connectivity index (χ4v) is 2.70. The number of benzene rings is 1. The zero-order chi connectivity index (χ0) is 16.4. The molecule has 0 atom stereocenters. The van der Waals surface area contributed by atoms with Crippen molar-refractivity contribution in [1.82, 2.24) is 14.7 Å². The van der Waals surface area contributed by atoms with Crippen molar-refractivity contribution >= 4 is 34.8 Å². The zero-order valence-electron chi connectivity index (χ0n) is 12.5. The first kappa shape index (κ1) is 15.8. The summed E-state index contributed by atoms with van der Waals surface area (Å²) in [6, 6.07) is 10.9. The normalized spacial score (nSPS) is 10.9. The fraction of sp³-hybridized carbons (Fsp3) is 0.176. The van der Waals surface area contributed by atoms with E-state index in [1.165, 1.54) is 0 Å². The van der Waals surface area contributed by atoms with E-state index in [4.69, 9.17) is 23.2 Å². The molecule has 3 aromatic rings. The number of carbonyl (C=O) groups excluding carboxylic acids is 1. The van der Waals surface area contributed by atoms with Crippen molar-refractivity contribution in [3.05, 3.63) is 69.6 Å². The monoisotopic (exact) mass is 347 g/mol. The van der Waals surface area contributed by atoms with Crippen molar-refractivity contribution in [1.29, 1.82) is 0 Å². The van der Waals surface area contributed by atoms with E-state index in [9.17, 15) is 4.79 Å². The summed E-state index contributed by atoms with van der Waals surface area (Å²) in [4.78, 5) is 17.1. The Morgan fingerprint density at radius 2 is 1.91 bits per heavy atom. The van der Waals surface area contributed by atoms with E-state index in [1.807, 2.05) is 19.1 Å². The average Bonchev–Trinajstić information content (AvgIpc) is 2.91. The highest BCUT2D eigenvalue weighted by atomic mass is 35.5. The van der Waals surface area contributed by atoms with Gasteiger partial charge < -0.3 is 5.32 Å². The molecule has 1 aromatic carbocycles. The van der Waals surface area contributed by atoms with E-state index in [1.54, 1.807) is 34.9 Å². The number of nitrogens with zero attached hydrogens (tertiary/aromatic N) is 2. The second-order valence-electron chi connectivity index (χ2n) is 5.14. The van der Waals surface area contributed by atoms with Crippen molar-refractivity contribution < 1.29 is 4.79 Å². The highest BCUT2D eigenvalue weighted by Crippen LogP contribution is 2.18. The number of amides is 1. The molecule has 0 spiro atoms. The molecule has 1 amide bonds. The lowest BCUT2D eigenvalue weighted by molar-refractivity contribution is 0.0944. The Hall–Kier alpha value is -2.04. The van der Waals surface area contributed by atoms with Crippen molar-refractivity contribution in [2.45, 2.75) is 19.9 Å². The predicted octanol–water partition coefficient (Wildman–Crippen LogP) is 4.13. The van der Waals surface area contributed by atoms with Crippen LogP contribution in [0.2, 0.25) is 10.0 Å². The minimum Gasteiger partial charge on any atom is -0.347 e. The molecule has 0 saturated heterocycles. The summed E-state index contributed by atoms with van der Waals surface area (Å²) in [6.45, 7) is 2.40. The van der Waals surface area contributed by atoms with Gasteiger partial charge in [-0.15, -0.1) is 0 Å². The molecule has 2 heterocycles. The molecule has 3 rings (SSSR count). The lowest BCUT2D eigenvalue weighted by Crippen LogP contribution is -2.25. The van der Waals surface area contributed by atoms with Crippen LogP contribution in [0.3, 0.4) is 0 Å². The van der Waals surface area contributed by atoms with Crippen molar-refractivity contribution in [3.63, 3.8) is 0 Å². The minimum absolute atomic E-state index is 0.161. The maximum Gasteiger partial charge on any atom is 0.270 e. The Morgan fingerprint density at radius 3 is 2.61 bits per heavy atom. The number of aryl methyl sites for hydroxylation is 1. The van der Waals surface area contributed by atoms with E-state index in [-0.39, 0.29) is 5.91 Å². The SMILES string of the molecule is CCc1nc2cc(Cl)ccn2c1C(=O)NCc1ccc(Cl)cc1. The number of aromatic nitrogens is 2. The molecule has 0 radical (unpaired) electrons. The Bertz CT molecular complexity index is 856. The van der Waals surface area contributed by atoms with Gasteiger partial charge in [-0.05, 0) is 30.2 Å². The largest absolute Gasteiger partial charge is 0.347 e. The standard InChI is InChI=1S/C17H15Cl2N3O/c1-2-14-16(22-8-7-13(19)9-15(22)21-14)17(23)20-10-11-3-5-12(18)6-4-11/h3-9H,2,10H2,1H3,(H,20,23). The number of hydrogen-bond acceptors (Lipinski definition) is 2. The Balaban J connectivity index is 1.86. The third-order valence-electron chi connectivity index (χ3n) is 3.58. The first-order valence-electron chi connectivity index (χ1n) is 7.27. The molecule has 6 heteroatoms. The second kappa shape index (κ2) is 6.60. The van der Waals surface area contributed by atoms with Crippen LogP contribution in [0.1, 0.15) is 28.7 Å². The van der Waals surface area contributed by atoms with Gasteiger partial charge in [-0.2, -0.15) is 0 Å². The average molecular weight is 348 g/mol. The van der Waals surface area contributed by atoms with Crippen LogP contribution in [0.15, 0.2) is 42.6 Å². The van der Waals surface area contributed by atoms with Gasteiger partial charge in [0, 0.05) is 28.9 Å². The minimum atomic E-state index is -0.161. The van der Waals surface area contributed by atoms with Crippen LogP contribution in [0.4, 0.5) is 0 Å². The van der Waals surface area contributed by atoms with E-state index in [0.29, 0.717) is 34.4 Å². The third-order valence-corrected chi connectivity index (χ3v) is 4.06. The number of nitrogens with one attached hydrogen (secondary N) is 1. The Morgan fingerprint density at radius 1 is 1.17 bits per heavy atom. The van der Waals surface area contributed by atoms with Gasteiger partial charge in [-0.25, -0.2) is 4.98 Å². The van der Waals surface area contributed by atoms with E-state index >= 15 is 0 Å². The first-order chi connectivity index (χ1) is 11.1. The van der Waals surface area contributed by atoms with Crippen molar-refractivity contribution in [2.24, 2.45) is 0 Å². The van der Waals surface area contributed by atoms with Crippen LogP contribution < -0.4 is 5.32 Å². The molecule has 4 nitrogen and oxygen atoms in total. The fourth-order valence-electron chi connectivity index (χ4n) is 2.42. The van der Waals surface area contributed by atoms with Gasteiger partial charge in [0.2, 0.25) is 0 Å². The number of fused-ring (bicyclic) bond motifs is 1. The first-order valence-corrected chi connectivity index (χ1v) is 8.03. The topological polar surface area (TPSA) is 46.4 Å². The van der Waals surface area contributed by atoms with Crippen molar-refractivity contribution in [3.8, 4) is 0 Å². The summed E-state index contributed by atoms with van der Waals surface area (Å²) in [7, 11) is 0. The highest BCUT2D eigenvalue weighted by Gasteiger charge is 2.18. The summed E-state index contributed by atoms with van der Waals surface area (Å²) in [6.07, 6.45) is 2.43. The molecule has 118 valence electrons. The van der Waals surface area contributed by atoms with Gasteiger partial charge in [0.05, 0.1) is 5.69 Å². The summed E-state index contributed by atoms with van der Waals surface area (Å²) in [5.41, 5.74) is 2.96.